The maximum atomic E-state index is 6.22. The Bertz CT molecular complexity index is 488. The molecule has 1 atom stereocenters. The van der Waals surface area contributed by atoms with Crippen LogP contribution in [0, 0.1) is 0 Å². The van der Waals surface area contributed by atoms with E-state index in [1.807, 2.05) is 18.2 Å². The summed E-state index contributed by atoms with van der Waals surface area (Å²) in [5, 5.41) is 2.05. The van der Waals surface area contributed by atoms with E-state index in [-0.39, 0.29) is 6.04 Å². The average Bonchev–Trinajstić information content (AvgIpc) is 2.80. The lowest BCUT2D eigenvalue weighted by atomic mass is 10.1. The predicted octanol–water partition coefficient (Wildman–Crippen LogP) is 4.01. The van der Waals surface area contributed by atoms with Crippen LogP contribution in [0.15, 0.2) is 41.8 Å². The molecule has 2 N–H and O–H groups in total. The SMILES string of the molecule is C[Si](C)(C)Oc1ccc([C@H](N)c2cccs2)cc1. The Balaban J connectivity index is 2.13. The molecule has 1 aromatic heterocycles. The second-order valence-corrected chi connectivity index (χ2v) is 10.7. The number of benzene rings is 1. The van der Waals surface area contributed by atoms with Crippen LogP contribution in [0.5, 0.6) is 5.75 Å². The molecule has 0 aliphatic heterocycles. The molecule has 0 unspecified atom stereocenters. The molecule has 4 heteroatoms. The van der Waals surface area contributed by atoms with Gasteiger partial charge in [0.2, 0.25) is 8.32 Å². The Labute approximate surface area is 114 Å². The van der Waals surface area contributed by atoms with Crippen molar-refractivity contribution < 1.29 is 4.43 Å². The van der Waals surface area contributed by atoms with Crippen molar-refractivity contribution in [2.24, 2.45) is 5.73 Å². The van der Waals surface area contributed by atoms with Crippen LogP contribution < -0.4 is 10.2 Å². The quantitative estimate of drug-likeness (QED) is 0.857. The van der Waals surface area contributed by atoms with Gasteiger partial charge in [-0.2, -0.15) is 0 Å². The topological polar surface area (TPSA) is 35.2 Å². The number of hydrogen-bond acceptors (Lipinski definition) is 3. The van der Waals surface area contributed by atoms with Gasteiger partial charge in [0.25, 0.3) is 0 Å². The molecule has 0 saturated carbocycles. The number of hydrogen-bond donors (Lipinski definition) is 1. The Morgan fingerprint density at radius 3 is 2.28 bits per heavy atom. The molecule has 2 aromatic rings. The van der Waals surface area contributed by atoms with Crippen molar-refractivity contribution in [3.8, 4) is 5.75 Å². The molecule has 0 bridgehead atoms. The molecule has 0 spiro atoms. The predicted molar refractivity (Wildman–Crippen MR) is 80.8 cm³/mol. The Kier molecular flexibility index (Phi) is 3.90. The van der Waals surface area contributed by atoms with Crippen molar-refractivity contribution in [3.05, 3.63) is 52.2 Å². The molecule has 1 aromatic carbocycles. The minimum Gasteiger partial charge on any atom is -0.544 e. The van der Waals surface area contributed by atoms with Gasteiger partial charge in [-0.15, -0.1) is 11.3 Å². The standard InChI is InChI=1S/C14H19NOSSi/c1-18(2,3)16-12-8-6-11(7-9-12)14(15)13-5-4-10-17-13/h4-10,14H,15H2,1-3H3/t14-/m0/s1. The van der Waals surface area contributed by atoms with Crippen molar-refractivity contribution in [3.63, 3.8) is 0 Å². The lowest BCUT2D eigenvalue weighted by molar-refractivity contribution is 0.557. The molecule has 0 saturated heterocycles. The van der Waals surface area contributed by atoms with Crippen LogP contribution >= 0.6 is 11.3 Å². The molecule has 0 radical (unpaired) electrons. The van der Waals surface area contributed by atoms with E-state index in [1.165, 1.54) is 4.88 Å². The third-order valence-electron chi connectivity index (χ3n) is 2.51. The van der Waals surface area contributed by atoms with Gasteiger partial charge in [-0.1, -0.05) is 18.2 Å². The highest BCUT2D eigenvalue weighted by Gasteiger charge is 2.16. The van der Waals surface area contributed by atoms with Crippen molar-refractivity contribution >= 4 is 19.7 Å². The normalized spacial score (nSPS) is 13.3. The fraction of sp³-hybridized carbons (Fsp3) is 0.286. The Morgan fingerprint density at radius 1 is 1.11 bits per heavy atom. The maximum Gasteiger partial charge on any atom is 0.242 e. The zero-order chi connectivity index (χ0) is 13.2. The highest BCUT2D eigenvalue weighted by atomic mass is 32.1. The zero-order valence-electron chi connectivity index (χ0n) is 11.0. The van der Waals surface area contributed by atoms with Crippen molar-refractivity contribution in [1.29, 1.82) is 0 Å². The van der Waals surface area contributed by atoms with Crippen molar-refractivity contribution in [2.75, 3.05) is 0 Å². The zero-order valence-corrected chi connectivity index (χ0v) is 12.8. The Morgan fingerprint density at radius 2 is 1.78 bits per heavy atom. The first-order valence-corrected chi connectivity index (χ1v) is 10.3. The molecular weight excluding hydrogens is 258 g/mol. The molecule has 0 fully saturated rings. The van der Waals surface area contributed by atoms with Gasteiger partial charge in [0.1, 0.15) is 5.75 Å². The van der Waals surface area contributed by atoms with Gasteiger partial charge >= 0.3 is 0 Å². The fourth-order valence-corrected chi connectivity index (χ4v) is 3.33. The molecule has 0 aliphatic rings. The molecule has 96 valence electrons. The van der Waals surface area contributed by atoms with Gasteiger partial charge in [0.05, 0.1) is 6.04 Å². The largest absolute Gasteiger partial charge is 0.544 e. The minimum absolute atomic E-state index is 0.0362. The average molecular weight is 277 g/mol. The summed E-state index contributed by atoms with van der Waals surface area (Å²) in [6.45, 7) is 6.54. The third kappa shape index (κ3) is 3.45. The molecular formula is C14H19NOSSi. The minimum atomic E-state index is -1.52. The second-order valence-electron chi connectivity index (χ2n) is 5.28. The lowest BCUT2D eigenvalue weighted by Gasteiger charge is -2.19. The summed E-state index contributed by atoms with van der Waals surface area (Å²) in [5.41, 5.74) is 7.34. The summed E-state index contributed by atoms with van der Waals surface area (Å²) in [7, 11) is -1.52. The van der Waals surface area contributed by atoms with E-state index < -0.39 is 8.32 Å². The van der Waals surface area contributed by atoms with Crippen LogP contribution in [0.25, 0.3) is 0 Å². The Hall–Kier alpha value is -1.10. The highest BCUT2D eigenvalue weighted by Crippen LogP contribution is 2.25. The number of thiophene rings is 1. The van der Waals surface area contributed by atoms with Crippen LogP contribution in [0.2, 0.25) is 19.6 Å². The van der Waals surface area contributed by atoms with Crippen LogP contribution in [0.3, 0.4) is 0 Å². The monoisotopic (exact) mass is 277 g/mol. The van der Waals surface area contributed by atoms with Crippen LogP contribution in [0.1, 0.15) is 16.5 Å². The van der Waals surface area contributed by atoms with Crippen molar-refractivity contribution in [1.82, 2.24) is 0 Å². The van der Waals surface area contributed by atoms with Gasteiger partial charge in [0.15, 0.2) is 0 Å². The van der Waals surface area contributed by atoms with E-state index >= 15 is 0 Å². The van der Waals surface area contributed by atoms with Gasteiger partial charge in [-0.05, 0) is 48.8 Å². The first-order valence-electron chi connectivity index (χ1n) is 6.04. The van der Waals surface area contributed by atoms with Crippen LogP contribution in [0.4, 0.5) is 0 Å². The summed E-state index contributed by atoms with van der Waals surface area (Å²) in [4.78, 5) is 1.19. The first kappa shape index (κ1) is 13.3. The lowest BCUT2D eigenvalue weighted by Crippen LogP contribution is -2.29. The molecule has 2 rings (SSSR count). The summed E-state index contributed by atoms with van der Waals surface area (Å²) >= 11 is 1.69. The molecule has 18 heavy (non-hydrogen) atoms. The molecule has 0 amide bonds. The molecule has 1 heterocycles. The van der Waals surface area contributed by atoms with Crippen LogP contribution in [-0.4, -0.2) is 8.32 Å². The number of nitrogens with two attached hydrogens (primary N) is 1. The van der Waals surface area contributed by atoms with Gasteiger partial charge < -0.3 is 10.2 Å². The van der Waals surface area contributed by atoms with Crippen LogP contribution in [-0.2, 0) is 0 Å². The fourth-order valence-electron chi connectivity index (χ4n) is 1.73. The summed E-state index contributed by atoms with van der Waals surface area (Å²) in [6, 6.07) is 12.2. The van der Waals surface area contributed by atoms with Gasteiger partial charge in [-0.25, -0.2) is 0 Å². The van der Waals surface area contributed by atoms with Crippen molar-refractivity contribution in [2.45, 2.75) is 25.7 Å². The van der Waals surface area contributed by atoms with E-state index in [9.17, 15) is 0 Å². The van der Waals surface area contributed by atoms with E-state index in [1.54, 1.807) is 11.3 Å². The van der Waals surface area contributed by atoms with E-state index in [0.717, 1.165) is 11.3 Å². The summed E-state index contributed by atoms with van der Waals surface area (Å²) in [6.07, 6.45) is 0. The highest BCUT2D eigenvalue weighted by molar-refractivity contribution is 7.10. The van der Waals surface area contributed by atoms with E-state index in [4.69, 9.17) is 10.2 Å². The van der Waals surface area contributed by atoms with Gasteiger partial charge in [0, 0.05) is 4.88 Å². The third-order valence-corrected chi connectivity index (χ3v) is 4.32. The summed E-state index contributed by atoms with van der Waals surface area (Å²) < 4.78 is 5.93. The first-order chi connectivity index (χ1) is 8.46. The van der Waals surface area contributed by atoms with E-state index in [0.29, 0.717) is 0 Å². The van der Waals surface area contributed by atoms with Gasteiger partial charge in [-0.3, -0.25) is 0 Å². The summed E-state index contributed by atoms with van der Waals surface area (Å²) in [5.74, 6) is 0.941. The maximum absolute atomic E-state index is 6.22. The smallest absolute Gasteiger partial charge is 0.242 e. The van der Waals surface area contributed by atoms with E-state index in [2.05, 4.69) is 43.2 Å². The molecule has 2 nitrogen and oxygen atoms in total. The molecule has 0 aliphatic carbocycles. The second kappa shape index (κ2) is 5.26. The number of rotatable bonds is 4.